The predicted molar refractivity (Wildman–Crippen MR) is 94.1 cm³/mol. The van der Waals surface area contributed by atoms with Gasteiger partial charge in [0.15, 0.2) is 0 Å². The number of rotatable bonds is 7. The smallest absolute Gasteiger partial charge is 0.244 e. The summed E-state index contributed by atoms with van der Waals surface area (Å²) in [6.45, 7) is 0. The standard InChI is InChI=1S/C17H17ClN2O2S/c18-14-9-5-4-8-13(14)10-23-11-15(21)20-16(17(19)22)12-6-2-1-3-7-12/h1-9,16H,10-11H2,(H2,19,22)(H,20,21). The largest absolute Gasteiger partial charge is 0.368 e. The summed E-state index contributed by atoms with van der Waals surface area (Å²) in [4.78, 5) is 23.6. The lowest BCUT2D eigenvalue weighted by Crippen LogP contribution is -2.38. The molecule has 0 aliphatic rings. The predicted octanol–water partition coefficient (Wildman–Crippen LogP) is 2.92. The quantitative estimate of drug-likeness (QED) is 0.808. The molecule has 0 spiro atoms. The second-order valence-corrected chi connectivity index (χ2v) is 6.29. The van der Waals surface area contributed by atoms with Crippen molar-refractivity contribution in [1.29, 1.82) is 0 Å². The number of carbonyl (C=O) groups excluding carboxylic acids is 2. The van der Waals surface area contributed by atoms with Crippen LogP contribution in [0.5, 0.6) is 0 Å². The summed E-state index contributed by atoms with van der Waals surface area (Å²) < 4.78 is 0. The van der Waals surface area contributed by atoms with Crippen LogP contribution in [0, 0.1) is 0 Å². The van der Waals surface area contributed by atoms with Gasteiger partial charge in [-0.3, -0.25) is 9.59 Å². The lowest BCUT2D eigenvalue weighted by molar-refractivity contribution is -0.126. The number of benzene rings is 2. The molecule has 0 aliphatic heterocycles. The summed E-state index contributed by atoms with van der Waals surface area (Å²) in [5.74, 6) is 0.0250. The number of thioether (sulfide) groups is 1. The zero-order chi connectivity index (χ0) is 16.7. The van der Waals surface area contributed by atoms with Crippen LogP contribution in [0.3, 0.4) is 0 Å². The van der Waals surface area contributed by atoms with Crippen LogP contribution in [0.15, 0.2) is 54.6 Å². The van der Waals surface area contributed by atoms with Gasteiger partial charge in [0.1, 0.15) is 6.04 Å². The van der Waals surface area contributed by atoms with E-state index in [9.17, 15) is 9.59 Å². The van der Waals surface area contributed by atoms with Crippen LogP contribution < -0.4 is 11.1 Å². The number of nitrogens with one attached hydrogen (secondary N) is 1. The summed E-state index contributed by atoms with van der Waals surface area (Å²) >= 11 is 7.50. The van der Waals surface area contributed by atoms with Crippen molar-refractivity contribution in [2.75, 3.05) is 5.75 Å². The molecule has 0 bridgehead atoms. The highest BCUT2D eigenvalue weighted by atomic mass is 35.5. The Morgan fingerprint density at radius 3 is 2.39 bits per heavy atom. The summed E-state index contributed by atoms with van der Waals surface area (Å²) in [6, 6.07) is 15.6. The van der Waals surface area contributed by atoms with Crippen LogP contribution in [0.2, 0.25) is 5.02 Å². The Hall–Kier alpha value is -1.98. The van der Waals surface area contributed by atoms with Crippen molar-refractivity contribution < 1.29 is 9.59 Å². The van der Waals surface area contributed by atoms with Gasteiger partial charge in [-0.15, -0.1) is 11.8 Å². The lowest BCUT2D eigenvalue weighted by Gasteiger charge is -2.15. The summed E-state index contributed by atoms with van der Waals surface area (Å²) in [7, 11) is 0. The maximum absolute atomic E-state index is 12.0. The molecule has 2 amide bonds. The van der Waals surface area contributed by atoms with Crippen LogP contribution in [0.4, 0.5) is 0 Å². The zero-order valence-corrected chi connectivity index (χ0v) is 13.9. The van der Waals surface area contributed by atoms with E-state index in [2.05, 4.69) is 5.32 Å². The third kappa shape index (κ3) is 5.30. The SMILES string of the molecule is NC(=O)C(NC(=O)CSCc1ccccc1Cl)c1ccccc1. The number of primary amides is 1. The van der Waals surface area contributed by atoms with Gasteiger partial charge in [-0.2, -0.15) is 0 Å². The van der Waals surface area contributed by atoms with E-state index in [1.54, 1.807) is 24.3 Å². The Morgan fingerprint density at radius 2 is 1.74 bits per heavy atom. The first kappa shape index (κ1) is 17.4. The molecule has 2 aromatic rings. The number of amides is 2. The first-order valence-corrected chi connectivity index (χ1v) is 8.56. The molecule has 0 aromatic heterocycles. The summed E-state index contributed by atoms with van der Waals surface area (Å²) in [6.07, 6.45) is 0. The van der Waals surface area contributed by atoms with Gasteiger partial charge >= 0.3 is 0 Å². The van der Waals surface area contributed by atoms with Crippen LogP contribution >= 0.6 is 23.4 Å². The first-order valence-electron chi connectivity index (χ1n) is 7.02. The van der Waals surface area contributed by atoms with E-state index in [0.29, 0.717) is 16.3 Å². The van der Waals surface area contributed by atoms with Gasteiger partial charge in [-0.1, -0.05) is 60.1 Å². The molecule has 4 nitrogen and oxygen atoms in total. The van der Waals surface area contributed by atoms with Crippen molar-refractivity contribution in [1.82, 2.24) is 5.32 Å². The van der Waals surface area contributed by atoms with Gasteiger partial charge < -0.3 is 11.1 Å². The number of hydrogen-bond acceptors (Lipinski definition) is 3. The van der Waals surface area contributed by atoms with Crippen LogP contribution in [0.1, 0.15) is 17.2 Å². The van der Waals surface area contributed by atoms with E-state index in [1.807, 2.05) is 30.3 Å². The zero-order valence-electron chi connectivity index (χ0n) is 12.4. The molecule has 0 radical (unpaired) electrons. The molecule has 0 saturated carbocycles. The topological polar surface area (TPSA) is 72.2 Å². The Morgan fingerprint density at radius 1 is 1.09 bits per heavy atom. The molecule has 2 aromatic carbocycles. The summed E-state index contributed by atoms with van der Waals surface area (Å²) in [5.41, 5.74) is 7.02. The summed E-state index contributed by atoms with van der Waals surface area (Å²) in [5, 5.41) is 3.35. The van der Waals surface area contributed by atoms with E-state index in [1.165, 1.54) is 11.8 Å². The average Bonchev–Trinajstić information content (AvgIpc) is 2.55. The number of hydrogen-bond donors (Lipinski definition) is 2. The van der Waals surface area contributed by atoms with Crippen molar-refractivity contribution in [3.63, 3.8) is 0 Å². The monoisotopic (exact) mass is 348 g/mol. The minimum atomic E-state index is -0.815. The number of carbonyl (C=O) groups is 2. The molecule has 0 saturated heterocycles. The molecule has 3 N–H and O–H groups in total. The van der Waals surface area contributed by atoms with Gasteiger partial charge in [0.05, 0.1) is 5.75 Å². The minimum absolute atomic E-state index is 0.224. The van der Waals surface area contributed by atoms with Crippen molar-refractivity contribution >= 4 is 35.2 Å². The second kappa shape index (κ2) is 8.60. The molecular weight excluding hydrogens is 332 g/mol. The van der Waals surface area contributed by atoms with E-state index in [4.69, 9.17) is 17.3 Å². The van der Waals surface area contributed by atoms with Crippen LogP contribution in [0.25, 0.3) is 0 Å². The first-order chi connectivity index (χ1) is 11.1. The fourth-order valence-corrected chi connectivity index (χ4v) is 3.16. The number of nitrogens with two attached hydrogens (primary N) is 1. The molecule has 0 fully saturated rings. The van der Waals surface area contributed by atoms with E-state index < -0.39 is 11.9 Å². The fourth-order valence-electron chi connectivity index (χ4n) is 2.04. The molecular formula is C17H17ClN2O2S. The Bertz CT molecular complexity index is 679. The van der Waals surface area contributed by atoms with E-state index in [0.717, 1.165) is 5.56 Å². The molecule has 1 unspecified atom stereocenters. The van der Waals surface area contributed by atoms with E-state index >= 15 is 0 Å². The Kier molecular flexibility index (Phi) is 6.50. The highest BCUT2D eigenvalue weighted by molar-refractivity contribution is 7.99. The Labute approximate surface area is 144 Å². The maximum atomic E-state index is 12.0. The fraction of sp³-hybridized carbons (Fsp3) is 0.176. The van der Waals surface area contributed by atoms with Gasteiger partial charge in [0.2, 0.25) is 11.8 Å². The molecule has 6 heteroatoms. The molecule has 1 atom stereocenters. The molecule has 2 rings (SSSR count). The maximum Gasteiger partial charge on any atom is 0.244 e. The number of halogens is 1. The molecule has 23 heavy (non-hydrogen) atoms. The van der Waals surface area contributed by atoms with Crippen molar-refractivity contribution in [2.24, 2.45) is 5.73 Å². The average molecular weight is 349 g/mol. The van der Waals surface area contributed by atoms with Crippen LogP contribution in [-0.2, 0) is 15.3 Å². The third-order valence-corrected chi connectivity index (χ3v) is 4.52. The van der Waals surface area contributed by atoms with Crippen molar-refractivity contribution in [3.8, 4) is 0 Å². The highest BCUT2D eigenvalue weighted by Crippen LogP contribution is 2.21. The highest BCUT2D eigenvalue weighted by Gasteiger charge is 2.19. The normalized spacial score (nSPS) is 11.7. The molecule has 0 aliphatic carbocycles. The lowest BCUT2D eigenvalue weighted by atomic mass is 10.1. The van der Waals surface area contributed by atoms with Crippen molar-refractivity contribution in [3.05, 3.63) is 70.7 Å². The Balaban J connectivity index is 1.88. The second-order valence-electron chi connectivity index (χ2n) is 4.90. The third-order valence-electron chi connectivity index (χ3n) is 3.17. The molecule has 0 heterocycles. The van der Waals surface area contributed by atoms with Crippen LogP contribution in [-0.4, -0.2) is 17.6 Å². The van der Waals surface area contributed by atoms with Gasteiger partial charge in [-0.05, 0) is 17.2 Å². The molecule has 120 valence electrons. The van der Waals surface area contributed by atoms with E-state index in [-0.39, 0.29) is 11.7 Å². The van der Waals surface area contributed by atoms with Gasteiger partial charge in [0.25, 0.3) is 0 Å². The van der Waals surface area contributed by atoms with Crippen molar-refractivity contribution in [2.45, 2.75) is 11.8 Å². The van der Waals surface area contributed by atoms with Gasteiger partial charge in [0, 0.05) is 10.8 Å². The minimum Gasteiger partial charge on any atom is -0.368 e. The van der Waals surface area contributed by atoms with Gasteiger partial charge in [-0.25, -0.2) is 0 Å².